The van der Waals surface area contributed by atoms with Gasteiger partial charge in [0, 0.05) is 18.6 Å². The zero-order valence-corrected chi connectivity index (χ0v) is 24.1. The van der Waals surface area contributed by atoms with Crippen molar-refractivity contribution in [3.8, 4) is 5.75 Å². The molecule has 1 N–H and O–H groups in total. The van der Waals surface area contributed by atoms with Crippen molar-refractivity contribution in [3.05, 3.63) is 88.9 Å². The number of nitrogens with one attached hydrogen (secondary N) is 1. The average Bonchev–Trinajstić information content (AvgIpc) is 2.93. The molecular weight excluding hydrogens is 538 g/mol. The number of carbonyl (C=O) groups excluding carboxylic acids is 2. The fourth-order valence-electron chi connectivity index (χ4n) is 4.11. The minimum absolute atomic E-state index is 0.0531. The Bertz CT molecular complexity index is 1360. The summed E-state index contributed by atoms with van der Waals surface area (Å²) in [6.07, 6.45) is 0.340. The monoisotopic (exact) mass is 571 g/mol. The lowest BCUT2D eigenvalue weighted by Crippen LogP contribution is -2.51. The first kappa shape index (κ1) is 30.0. The number of nitrogens with zero attached hydrogens (tertiary/aromatic N) is 2. The number of amides is 2. The fraction of sp³-hybridized carbons (Fsp3) is 0.310. The Morgan fingerprint density at radius 3 is 2.10 bits per heavy atom. The number of likely N-dealkylation sites (N-methyl/N-ethyl adjacent to an activating group) is 1. The van der Waals surface area contributed by atoms with Crippen LogP contribution in [0.25, 0.3) is 0 Å². The number of halogens is 1. The van der Waals surface area contributed by atoms with Crippen LogP contribution in [0.4, 0.5) is 5.69 Å². The van der Waals surface area contributed by atoms with Crippen LogP contribution in [0.3, 0.4) is 0 Å². The summed E-state index contributed by atoms with van der Waals surface area (Å²) in [5, 5.41) is 3.15. The summed E-state index contributed by atoms with van der Waals surface area (Å²) in [4.78, 5) is 28.1. The number of ether oxygens (including phenoxy) is 1. The summed E-state index contributed by atoms with van der Waals surface area (Å²) >= 11 is 6.03. The van der Waals surface area contributed by atoms with Crippen molar-refractivity contribution in [2.45, 2.75) is 44.7 Å². The molecule has 0 aliphatic rings. The standard InChI is InChI=1S/C29H34ClN3O5S/c1-5-27(29(35)31-4)32(19-22-9-11-23(30)12-10-22)28(34)20-33(24-13-15-25(16-14-24)38-6-2)39(36,37)26-17-7-21(3)8-18-26/h7-18,27H,5-6,19-20H2,1-4H3,(H,31,35)/t27-/m0/s1. The summed E-state index contributed by atoms with van der Waals surface area (Å²) in [6, 6.07) is 19.1. The van der Waals surface area contributed by atoms with Gasteiger partial charge in [-0.2, -0.15) is 0 Å². The second-order valence-corrected chi connectivity index (χ2v) is 11.2. The highest BCUT2D eigenvalue weighted by Gasteiger charge is 2.33. The lowest BCUT2D eigenvalue weighted by molar-refractivity contribution is -0.140. The first-order valence-corrected chi connectivity index (χ1v) is 14.5. The van der Waals surface area contributed by atoms with E-state index < -0.39 is 28.5 Å². The number of rotatable bonds is 12. The molecular formula is C29H34ClN3O5S. The molecule has 3 rings (SSSR count). The predicted molar refractivity (Wildman–Crippen MR) is 153 cm³/mol. The number of aryl methyl sites for hydroxylation is 1. The van der Waals surface area contributed by atoms with Crippen molar-refractivity contribution in [2.24, 2.45) is 0 Å². The quantitative estimate of drug-likeness (QED) is 0.337. The first-order valence-electron chi connectivity index (χ1n) is 12.7. The van der Waals surface area contributed by atoms with Gasteiger partial charge in [0.05, 0.1) is 17.2 Å². The van der Waals surface area contributed by atoms with Gasteiger partial charge in [-0.15, -0.1) is 0 Å². The number of carbonyl (C=O) groups is 2. The van der Waals surface area contributed by atoms with Crippen molar-refractivity contribution >= 4 is 39.1 Å². The molecule has 0 saturated carbocycles. The third-order valence-corrected chi connectivity index (χ3v) is 8.26. The van der Waals surface area contributed by atoms with Crippen LogP contribution in [0.2, 0.25) is 5.02 Å². The van der Waals surface area contributed by atoms with E-state index in [2.05, 4.69) is 5.32 Å². The van der Waals surface area contributed by atoms with E-state index in [1.807, 2.05) is 13.8 Å². The van der Waals surface area contributed by atoms with Crippen LogP contribution >= 0.6 is 11.6 Å². The van der Waals surface area contributed by atoms with Gasteiger partial charge in [0.1, 0.15) is 18.3 Å². The third kappa shape index (κ3) is 7.52. The van der Waals surface area contributed by atoms with E-state index in [0.717, 1.165) is 15.4 Å². The molecule has 208 valence electrons. The van der Waals surface area contributed by atoms with Crippen molar-refractivity contribution in [1.82, 2.24) is 10.2 Å². The summed E-state index contributed by atoms with van der Waals surface area (Å²) < 4.78 is 34.3. The maximum Gasteiger partial charge on any atom is 0.264 e. The Kier molecular flexibility index (Phi) is 10.4. The first-order chi connectivity index (χ1) is 18.6. The van der Waals surface area contributed by atoms with Crippen molar-refractivity contribution < 1.29 is 22.7 Å². The molecule has 2 amide bonds. The molecule has 1 atom stereocenters. The van der Waals surface area contributed by atoms with Gasteiger partial charge in [-0.1, -0.05) is 48.4 Å². The van der Waals surface area contributed by atoms with Crippen LogP contribution < -0.4 is 14.4 Å². The lowest BCUT2D eigenvalue weighted by atomic mass is 10.1. The van der Waals surface area contributed by atoms with Gasteiger partial charge in [-0.3, -0.25) is 13.9 Å². The zero-order valence-electron chi connectivity index (χ0n) is 22.6. The average molecular weight is 572 g/mol. The van der Waals surface area contributed by atoms with Gasteiger partial charge in [-0.05, 0) is 74.4 Å². The smallest absolute Gasteiger partial charge is 0.264 e. The predicted octanol–water partition coefficient (Wildman–Crippen LogP) is 4.80. The second-order valence-electron chi connectivity index (χ2n) is 8.94. The lowest BCUT2D eigenvalue weighted by Gasteiger charge is -2.33. The highest BCUT2D eigenvalue weighted by Crippen LogP contribution is 2.27. The van der Waals surface area contributed by atoms with Gasteiger partial charge < -0.3 is 15.0 Å². The molecule has 0 heterocycles. The molecule has 0 spiro atoms. The zero-order chi connectivity index (χ0) is 28.6. The van der Waals surface area contributed by atoms with Gasteiger partial charge in [0.15, 0.2) is 0 Å². The van der Waals surface area contributed by atoms with Crippen LogP contribution in [0.5, 0.6) is 5.75 Å². The maximum absolute atomic E-state index is 13.9. The topological polar surface area (TPSA) is 96.0 Å². The SMILES string of the molecule is CCOc1ccc(N(CC(=O)N(Cc2ccc(Cl)cc2)[C@@H](CC)C(=O)NC)S(=O)(=O)c2ccc(C)cc2)cc1. The molecule has 0 aromatic heterocycles. The van der Waals surface area contributed by atoms with Crippen molar-refractivity contribution in [1.29, 1.82) is 0 Å². The van der Waals surface area contributed by atoms with E-state index in [-0.39, 0.29) is 17.3 Å². The van der Waals surface area contributed by atoms with Crippen LogP contribution in [0.1, 0.15) is 31.4 Å². The Morgan fingerprint density at radius 1 is 0.949 bits per heavy atom. The number of sulfonamides is 1. The molecule has 0 unspecified atom stereocenters. The molecule has 0 bridgehead atoms. The summed E-state index contributed by atoms with van der Waals surface area (Å²) in [5.41, 5.74) is 1.96. The minimum Gasteiger partial charge on any atom is -0.494 e. The molecule has 0 fully saturated rings. The van der Waals surface area contributed by atoms with E-state index in [1.54, 1.807) is 67.6 Å². The van der Waals surface area contributed by atoms with Crippen LogP contribution in [-0.4, -0.2) is 51.4 Å². The van der Waals surface area contributed by atoms with Crippen molar-refractivity contribution in [3.63, 3.8) is 0 Å². The Hall–Kier alpha value is -3.56. The van der Waals surface area contributed by atoms with Gasteiger partial charge in [0.2, 0.25) is 11.8 Å². The fourth-order valence-corrected chi connectivity index (χ4v) is 5.65. The summed E-state index contributed by atoms with van der Waals surface area (Å²) in [5.74, 6) is -0.283. The molecule has 3 aromatic rings. The molecule has 10 heteroatoms. The normalized spacial score (nSPS) is 11.9. The number of anilines is 1. The Morgan fingerprint density at radius 2 is 1.56 bits per heavy atom. The van der Waals surface area contributed by atoms with Crippen LogP contribution in [0, 0.1) is 6.92 Å². The summed E-state index contributed by atoms with van der Waals surface area (Å²) in [7, 11) is -2.63. The highest BCUT2D eigenvalue weighted by atomic mass is 35.5. The van der Waals surface area contributed by atoms with E-state index in [4.69, 9.17) is 16.3 Å². The van der Waals surface area contributed by atoms with Gasteiger partial charge >= 0.3 is 0 Å². The minimum atomic E-state index is -4.13. The molecule has 39 heavy (non-hydrogen) atoms. The molecule has 0 saturated heterocycles. The van der Waals surface area contributed by atoms with Crippen LogP contribution in [-0.2, 0) is 26.2 Å². The third-order valence-electron chi connectivity index (χ3n) is 6.22. The largest absolute Gasteiger partial charge is 0.494 e. The molecule has 0 aliphatic carbocycles. The van der Waals surface area contributed by atoms with E-state index in [9.17, 15) is 18.0 Å². The number of hydrogen-bond donors (Lipinski definition) is 1. The Balaban J connectivity index is 2.05. The van der Waals surface area contributed by atoms with E-state index >= 15 is 0 Å². The molecule has 0 aliphatic heterocycles. The van der Waals surface area contributed by atoms with Gasteiger partial charge in [-0.25, -0.2) is 8.42 Å². The Labute approximate surface area is 235 Å². The van der Waals surface area contributed by atoms with Gasteiger partial charge in [0.25, 0.3) is 10.0 Å². The van der Waals surface area contributed by atoms with Crippen molar-refractivity contribution in [2.75, 3.05) is 24.5 Å². The molecule has 0 radical (unpaired) electrons. The van der Waals surface area contributed by atoms with Crippen LogP contribution in [0.15, 0.2) is 77.7 Å². The molecule has 3 aromatic carbocycles. The summed E-state index contributed by atoms with van der Waals surface area (Å²) in [6.45, 7) is 5.57. The highest BCUT2D eigenvalue weighted by molar-refractivity contribution is 7.92. The van der Waals surface area contributed by atoms with E-state index in [1.165, 1.54) is 24.1 Å². The molecule has 8 nitrogen and oxygen atoms in total. The number of hydrogen-bond acceptors (Lipinski definition) is 5. The number of benzene rings is 3. The maximum atomic E-state index is 13.9. The second kappa shape index (κ2) is 13.5. The van der Waals surface area contributed by atoms with E-state index in [0.29, 0.717) is 29.5 Å².